The number of rotatable bonds is 4. The maximum Gasteiger partial charge on any atom is 0.253 e. The van der Waals surface area contributed by atoms with Crippen molar-refractivity contribution in [1.82, 2.24) is 25.0 Å². The number of benzene rings is 2. The van der Waals surface area contributed by atoms with Crippen LogP contribution >= 0.6 is 0 Å². The highest BCUT2D eigenvalue weighted by Gasteiger charge is 2.19. The lowest BCUT2D eigenvalue weighted by molar-refractivity contribution is 0.0827. The van der Waals surface area contributed by atoms with Crippen LogP contribution in [-0.4, -0.2) is 78.2 Å². The van der Waals surface area contributed by atoms with Gasteiger partial charge in [0.15, 0.2) is 5.65 Å². The van der Waals surface area contributed by atoms with Gasteiger partial charge < -0.3 is 19.7 Å². The van der Waals surface area contributed by atoms with Crippen molar-refractivity contribution in [2.45, 2.75) is 13.8 Å². The zero-order valence-corrected chi connectivity index (χ0v) is 21.1. The molecule has 7 nitrogen and oxygen atoms in total. The van der Waals surface area contributed by atoms with Crippen LogP contribution in [0.25, 0.3) is 33.4 Å². The third kappa shape index (κ3) is 4.39. The summed E-state index contributed by atoms with van der Waals surface area (Å²) in [5.41, 5.74) is 9.30. The van der Waals surface area contributed by atoms with Gasteiger partial charge in [0, 0.05) is 74.2 Å². The Morgan fingerprint density at radius 1 is 0.914 bits per heavy atom. The predicted octanol–water partition coefficient (Wildman–Crippen LogP) is 4.36. The highest BCUT2D eigenvalue weighted by atomic mass is 16.2. The van der Waals surface area contributed by atoms with Crippen molar-refractivity contribution in [3.05, 3.63) is 65.4 Å². The minimum atomic E-state index is -0.00519. The molecule has 0 spiro atoms. The van der Waals surface area contributed by atoms with Gasteiger partial charge in [-0.3, -0.25) is 4.79 Å². The number of hydrogen-bond acceptors (Lipinski definition) is 5. The Morgan fingerprint density at radius 3 is 2.20 bits per heavy atom. The normalized spacial score (nSPS) is 14.5. The van der Waals surface area contributed by atoms with Gasteiger partial charge in [-0.05, 0) is 67.9 Å². The van der Waals surface area contributed by atoms with Gasteiger partial charge in [-0.15, -0.1) is 10.2 Å². The van der Waals surface area contributed by atoms with E-state index in [1.165, 1.54) is 16.8 Å². The monoisotopic (exact) mass is 468 g/mol. The summed E-state index contributed by atoms with van der Waals surface area (Å²) in [6, 6.07) is 14.3. The van der Waals surface area contributed by atoms with Crippen molar-refractivity contribution >= 4 is 22.6 Å². The van der Waals surface area contributed by atoms with E-state index in [1.807, 2.05) is 30.5 Å². The second-order valence-electron chi connectivity index (χ2n) is 9.72. The van der Waals surface area contributed by atoms with E-state index in [0.29, 0.717) is 5.56 Å². The van der Waals surface area contributed by atoms with Gasteiger partial charge >= 0.3 is 0 Å². The van der Waals surface area contributed by atoms with E-state index in [4.69, 9.17) is 0 Å². The number of carbonyl (C=O) groups excluding carboxylic acids is 1. The van der Waals surface area contributed by atoms with Crippen LogP contribution in [0.4, 0.5) is 5.69 Å². The molecule has 7 heteroatoms. The number of fused-ring (bicyclic) bond motifs is 1. The summed E-state index contributed by atoms with van der Waals surface area (Å²) in [6.45, 7) is 8.65. The first-order chi connectivity index (χ1) is 16.8. The molecule has 0 atom stereocenters. The molecule has 1 aliphatic rings. The van der Waals surface area contributed by atoms with E-state index >= 15 is 0 Å². The van der Waals surface area contributed by atoms with Crippen LogP contribution in [0.1, 0.15) is 21.5 Å². The highest BCUT2D eigenvalue weighted by molar-refractivity contribution is 5.97. The number of anilines is 1. The third-order valence-electron chi connectivity index (χ3n) is 6.89. The number of H-pyrrole nitrogens is 1. The summed E-state index contributed by atoms with van der Waals surface area (Å²) >= 11 is 0. The SMILES string of the molecule is Cc1cc(-c2cc3c(-c4ccc(C(=O)N(C)C)cc4)c[nH]c3nn2)cc(C)c1N1CCN(C)CC1. The predicted molar refractivity (Wildman–Crippen MR) is 142 cm³/mol. The van der Waals surface area contributed by atoms with Gasteiger partial charge in [0.05, 0.1) is 5.69 Å². The summed E-state index contributed by atoms with van der Waals surface area (Å²) in [5, 5.41) is 10.0. The van der Waals surface area contributed by atoms with Crippen LogP contribution in [0.15, 0.2) is 48.7 Å². The fourth-order valence-electron chi connectivity index (χ4n) is 4.98. The number of hydrogen-bond donors (Lipinski definition) is 1. The van der Waals surface area contributed by atoms with Crippen LogP contribution in [0, 0.1) is 13.8 Å². The molecular weight excluding hydrogens is 436 g/mol. The van der Waals surface area contributed by atoms with Gasteiger partial charge in [-0.1, -0.05) is 12.1 Å². The number of piperazine rings is 1. The molecule has 1 aliphatic heterocycles. The molecule has 0 unspecified atom stereocenters. The topological polar surface area (TPSA) is 68.4 Å². The maximum atomic E-state index is 12.2. The van der Waals surface area contributed by atoms with Gasteiger partial charge in [0.1, 0.15) is 0 Å². The lowest BCUT2D eigenvalue weighted by atomic mass is 9.99. The lowest BCUT2D eigenvalue weighted by Gasteiger charge is -2.36. The maximum absolute atomic E-state index is 12.2. The fraction of sp³-hybridized carbons (Fsp3) is 0.321. The summed E-state index contributed by atoms with van der Waals surface area (Å²) in [7, 11) is 5.70. The molecule has 4 aromatic rings. The molecule has 2 aromatic heterocycles. The van der Waals surface area contributed by atoms with E-state index in [0.717, 1.165) is 59.6 Å². The zero-order chi connectivity index (χ0) is 24.7. The van der Waals surface area contributed by atoms with E-state index in [1.54, 1.807) is 19.0 Å². The quantitative estimate of drug-likeness (QED) is 0.482. The molecule has 0 radical (unpaired) electrons. The van der Waals surface area contributed by atoms with Crippen molar-refractivity contribution in [2.24, 2.45) is 0 Å². The number of likely N-dealkylation sites (N-methyl/N-ethyl adjacent to an activating group) is 1. The molecule has 2 aromatic carbocycles. The summed E-state index contributed by atoms with van der Waals surface area (Å²) in [6.07, 6.45) is 1.96. The number of nitrogens with one attached hydrogen (secondary N) is 1. The first-order valence-electron chi connectivity index (χ1n) is 12.0. The second kappa shape index (κ2) is 9.15. The van der Waals surface area contributed by atoms with Gasteiger partial charge in [0.25, 0.3) is 5.91 Å². The van der Waals surface area contributed by atoms with Crippen LogP contribution in [0.3, 0.4) is 0 Å². The average Bonchev–Trinajstić information content (AvgIpc) is 3.27. The zero-order valence-electron chi connectivity index (χ0n) is 21.1. The molecule has 180 valence electrons. The molecule has 0 aliphatic carbocycles. The second-order valence-corrected chi connectivity index (χ2v) is 9.72. The van der Waals surface area contributed by atoms with Crippen molar-refractivity contribution in [2.75, 3.05) is 52.2 Å². The van der Waals surface area contributed by atoms with E-state index in [2.05, 4.69) is 64.1 Å². The van der Waals surface area contributed by atoms with Crippen LogP contribution in [0.5, 0.6) is 0 Å². The van der Waals surface area contributed by atoms with Gasteiger partial charge in [0.2, 0.25) is 0 Å². The number of aromatic amines is 1. The Kier molecular flexibility index (Phi) is 6.03. The van der Waals surface area contributed by atoms with E-state index in [-0.39, 0.29) is 5.91 Å². The third-order valence-corrected chi connectivity index (χ3v) is 6.89. The Labute approximate surface area is 206 Å². The molecule has 35 heavy (non-hydrogen) atoms. The van der Waals surface area contributed by atoms with E-state index in [9.17, 15) is 4.79 Å². The van der Waals surface area contributed by atoms with Crippen LogP contribution < -0.4 is 4.90 Å². The van der Waals surface area contributed by atoms with Crippen molar-refractivity contribution < 1.29 is 4.79 Å². The number of carbonyl (C=O) groups is 1. The first-order valence-corrected chi connectivity index (χ1v) is 12.0. The molecule has 1 saturated heterocycles. The van der Waals surface area contributed by atoms with Crippen molar-refractivity contribution in [3.8, 4) is 22.4 Å². The molecule has 5 rings (SSSR count). The Bertz CT molecular complexity index is 1360. The minimum Gasteiger partial charge on any atom is -0.369 e. The molecular formula is C28H32N6O. The lowest BCUT2D eigenvalue weighted by Crippen LogP contribution is -2.45. The van der Waals surface area contributed by atoms with E-state index < -0.39 is 0 Å². The number of amides is 1. The van der Waals surface area contributed by atoms with Gasteiger partial charge in [-0.2, -0.15) is 0 Å². The summed E-state index contributed by atoms with van der Waals surface area (Å²) in [4.78, 5) is 21.9. The molecule has 0 bridgehead atoms. The smallest absolute Gasteiger partial charge is 0.253 e. The van der Waals surface area contributed by atoms with Crippen LogP contribution in [-0.2, 0) is 0 Å². The average molecular weight is 469 g/mol. The number of aryl methyl sites for hydroxylation is 2. The highest BCUT2D eigenvalue weighted by Crippen LogP contribution is 2.34. The molecule has 0 saturated carbocycles. The summed E-state index contributed by atoms with van der Waals surface area (Å²) in [5.74, 6) is -0.00519. The Hall–Kier alpha value is -3.71. The summed E-state index contributed by atoms with van der Waals surface area (Å²) < 4.78 is 0. The molecule has 1 amide bonds. The molecule has 1 fully saturated rings. The Balaban J connectivity index is 1.49. The first kappa shape index (κ1) is 23.1. The standard InChI is InChI=1S/C28H32N6O/c1-18-14-22(15-19(2)26(18)34-12-10-33(5)11-13-34)25-16-23-24(17-29-27(23)31-30-25)20-6-8-21(9-7-20)28(35)32(3)4/h6-9,14-17H,10-13H2,1-5H3,(H,29,31). The Morgan fingerprint density at radius 2 is 1.57 bits per heavy atom. The number of aromatic nitrogens is 3. The minimum absolute atomic E-state index is 0.00519. The van der Waals surface area contributed by atoms with Gasteiger partial charge in [-0.25, -0.2) is 0 Å². The van der Waals surface area contributed by atoms with Crippen LogP contribution in [0.2, 0.25) is 0 Å². The molecule has 1 N–H and O–H groups in total. The van der Waals surface area contributed by atoms with Crippen molar-refractivity contribution in [3.63, 3.8) is 0 Å². The van der Waals surface area contributed by atoms with Crippen molar-refractivity contribution in [1.29, 1.82) is 0 Å². The largest absolute Gasteiger partial charge is 0.369 e. The fourth-order valence-corrected chi connectivity index (χ4v) is 4.98. The molecule has 3 heterocycles. The number of nitrogens with zero attached hydrogens (tertiary/aromatic N) is 5.